The quantitative estimate of drug-likeness (QED) is 0.652. The predicted molar refractivity (Wildman–Crippen MR) is 105 cm³/mol. The molecule has 1 amide bonds. The average molecular weight is 405 g/mol. The second-order valence-corrected chi connectivity index (χ2v) is 7.92. The molecule has 0 fully saturated rings. The molecule has 3 N–H and O–H groups in total. The van der Waals surface area contributed by atoms with E-state index in [1.54, 1.807) is 36.6 Å². The monoisotopic (exact) mass is 404 g/mol. The van der Waals surface area contributed by atoms with Gasteiger partial charge in [-0.3, -0.25) is 9.20 Å². The van der Waals surface area contributed by atoms with E-state index in [4.69, 9.17) is 16.7 Å². The summed E-state index contributed by atoms with van der Waals surface area (Å²) in [5.74, 6) is -0.439. The molecule has 0 aliphatic heterocycles. The minimum atomic E-state index is -3.88. The van der Waals surface area contributed by atoms with E-state index >= 15 is 0 Å². The van der Waals surface area contributed by atoms with Crippen molar-refractivity contribution in [2.45, 2.75) is 18.7 Å². The van der Waals surface area contributed by atoms with Crippen molar-refractivity contribution in [2.75, 3.05) is 5.32 Å². The summed E-state index contributed by atoms with van der Waals surface area (Å²) in [7, 11) is -3.88. The number of carbonyl (C=O) groups excluding carboxylic acids is 1. The van der Waals surface area contributed by atoms with E-state index in [2.05, 4.69) is 10.3 Å². The molecule has 0 bridgehead atoms. The zero-order valence-corrected chi connectivity index (χ0v) is 16.2. The molecule has 0 unspecified atom stereocenters. The van der Waals surface area contributed by atoms with Crippen LogP contribution in [0.5, 0.6) is 0 Å². The Morgan fingerprint density at radius 1 is 1.30 bits per heavy atom. The number of primary sulfonamides is 1. The number of hydrogen-bond acceptors (Lipinski definition) is 4. The molecule has 2 aromatic heterocycles. The van der Waals surface area contributed by atoms with E-state index in [1.807, 2.05) is 12.1 Å². The van der Waals surface area contributed by atoms with E-state index in [0.717, 1.165) is 5.56 Å². The number of rotatable bonds is 4. The third-order valence-electron chi connectivity index (χ3n) is 4.14. The summed E-state index contributed by atoms with van der Waals surface area (Å²) in [5, 5.41) is 8.14. The number of imidazole rings is 1. The zero-order valence-electron chi connectivity index (χ0n) is 14.6. The van der Waals surface area contributed by atoms with Crippen LogP contribution in [0.3, 0.4) is 0 Å². The Bertz CT molecular complexity index is 1180. The Hall–Kier alpha value is -2.68. The number of pyridine rings is 1. The van der Waals surface area contributed by atoms with Gasteiger partial charge in [0.05, 0.1) is 10.6 Å². The van der Waals surface area contributed by atoms with Crippen molar-refractivity contribution in [3.05, 3.63) is 64.6 Å². The number of nitrogens with zero attached hydrogens (tertiary/aromatic N) is 2. The van der Waals surface area contributed by atoms with Gasteiger partial charge in [0.1, 0.15) is 5.65 Å². The third-order valence-corrected chi connectivity index (χ3v) is 5.31. The maximum Gasteiger partial charge on any atom is 0.248 e. The summed E-state index contributed by atoms with van der Waals surface area (Å²) in [4.78, 5) is 16.5. The number of aromatic nitrogens is 2. The molecule has 27 heavy (non-hydrogen) atoms. The summed E-state index contributed by atoms with van der Waals surface area (Å²) in [6.45, 7) is 3.52. The topological polar surface area (TPSA) is 107 Å². The van der Waals surface area contributed by atoms with Crippen LogP contribution in [0.1, 0.15) is 16.8 Å². The smallest absolute Gasteiger partial charge is 0.248 e. The number of nitrogens with one attached hydrogen (secondary N) is 1. The fourth-order valence-electron chi connectivity index (χ4n) is 2.58. The van der Waals surface area contributed by atoms with E-state index in [1.165, 1.54) is 18.2 Å². The van der Waals surface area contributed by atoms with E-state index in [-0.39, 0.29) is 10.0 Å². The average Bonchev–Trinajstić information content (AvgIpc) is 2.91. The second-order valence-electron chi connectivity index (χ2n) is 6.00. The van der Waals surface area contributed by atoms with Gasteiger partial charge in [-0.05, 0) is 55.3 Å². The minimum absolute atomic E-state index is 0.0605. The molecule has 9 heteroatoms. The van der Waals surface area contributed by atoms with Crippen LogP contribution in [0.25, 0.3) is 11.7 Å². The molecular weight excluding hydrogens is 388 g/mol. The molecule has 3 rings (SSSR count). The number of halogens is 1. The summed E-state index contributed by atoms with van der Waals surface area (Å²) >= 11 is 6.13. The van der Waals surface area contributed by atoms with Crippen molar-refractivity contribution in [3.63, 3.8) is 0 Å². The molecule has 0 atom stereocenters. The van der Waals surface area contributed by atoms with Crippen LogP contribution in [-0.2, 0) is 14.8 Å². The summed E-state index contributed by atoms with van der Waals surface area (Å²) in [5.41, 5.74) is 3.05. The van der Waals surface area contributed by atoms with Crippen LogP contribution in [-0.4, -0.2) is 23.7 Å². The lowest BCUT2D eigenvalue weighted by molar-refractivity contribution is -0.111. The number of carbonyl (C=O) groups is 1. The molecular formula is C18H17ClN4O3S. The Morgan fingerprint density at radius 2 is 2.04 bits per heavy atom. The largest absolute Gasteiger partial charge is 0.322 e. The van der Waals surface area contributed by atoms with Gasteiger partial charge in [0.25, 0.3) is 0 Å². The first-order valence-electron chi connectivity index (χ1n) is 7.92. The number of benzene rings is 1. The summed E-state index contributed by atoms with van der Waals surface area (Å²) in [6, 6.07) is 8.27. The van der Waals surface area contributed by atoms with Gasteiger partial charge >= 0.3 is 0 Å². The highest BCUT2D eigenvalue weighted by Gasteiger charge is 2.14. The lowest BCUT2D eigenvalue weighted by Gasteiger charge is -2.11. The molecule has 2 heterocycles. The summed E-state index contributed by atoms with van der Waals surface area (Å²) < 4.78 is 25.0. The van der Waals surface area contributed by atoms with Crippen LogP contribution in [0.15, 0.2) is 47.5 Å². The Morgan fingerprint density at radius 3 is 2.74 bits per heavy atom. The number of aryl methyl sites for hydroxylation is 1. The number of hydrogen-bond donors (Lipinski definition) is 2. The lowest BCUT2D eigenvalue weighted by Crippen LogP contribution is -2.15. The molecule has 140 valence electrons. The molecule has 0 saturated heterocycles. The van der Waals surface area contributed by atoms with Gasteiger partial charge in [-0.1, -0.05) is 17.7 Å². The third kappa shape index (κ3) is 4.02. The number of anilines is 1. The molecule has 7 nitrogen and oxygen atoms in total. The van der Waals surface area contributed by atoms with Crippen molar-refractivity contribution < 1.29 is 13.2 Å². The minimum Gasteiger partial charge on any atom is -0.322 e. The van der Waals surface area contributed by atoms with Gasteiger partial charge in [-0.2, -0.15) is 0 Å². The van der Waals surface area contributed by atoms with Gasteiger partial charge in [0.15, 0.2) is 5.15 Å². The fourth-order valence-corrected chi connectivity index (χ4v) is 3.45. The molecule has 0 aliphatic rings. The molecule has 0 saturated carbocycles. The Labute approximate surface area is 161 Å². The van der Waals surface area contributed by atoms with Crippen molar-refractivity contribution in [3.8, 4) is 0 Å². The number of sulfonamides is 1. The molecule has 0 radical (unpaired) electrons. The SMILES string of the molecule is Cc1cc(S(N)(=O)=O)cc(NC(=O)/C=C/c2c(Cl)nc3ccccn23)c1C. The van der Waals surface area contributed by atoms with E-state index < -0.39 is 15.9 Å². The normalized spacial score (nSPS) is 12.0. The van der Waals surface area contributed by atoms with Gasteiger partial charge < -0.3 is 5.32 Å². The molecule has 3 aromatic rings. The van der Waals surface area contributed by atoms with Gasteiger partial charge in [0.2, 0.25) is 15.9 Å². The second kappa shape index (κ2) is 7.15. The zero-order chi connectivity index (χ0) is 19.8. The van der Waals surface area contributed by atoms with Crippen molar-refractivity contribution in [1.82, 2.24) is 9.38 Å². The Kier molecular flexibility index (Phi) is 5.05. The van der Waals surface area contributed by atoms with Crippen molar-refractivity contribution >= 4 is 44.9 Å². The van der Waals surface area contributed by atoms with E-state index in [9.17, 15) is 13.2 Å². The van der Waals surface area contributed by atoms with E-state index in [0.29, 0.717) is 22.6 Å². The first-order chi connectivity index (χ1) is 12.7. The van der Waals surface area contributed by atoms with Crippen LogP contribution >= 0.6 is 11.6 Å². The molecule has 1 aromatic carbocycles. The van der Waals surface area contributed by atoms with Crippen LogP contribution < -0.4 is 10.5 Å². The first kappa shape index (κ1) is 19.1. The standard InChI is InChI=1S/C18H17ClN4O3S/c1-11-9-13(27(20,25)26)10-14(12(11)2)21-17(24)7-6-15-18(19)22-16-5-3-4-8-23(15)16/h3-10H,1-2H3,(H,21,24)(H2,20,25,26)/b7-6+. The molecule has 0 aliphatic carbocycles. The van der Waals surface area contributed by atoms with Crippen LogP contribution in [0.4, 0.5) is 5.69 Å². The maximum absolute atomic E-state index is 12.3. The maximum atomic E-state index is 12.3. The molecule has 0 spiro atoms. The summed E-state index contributed by atoms with van der Waals surface area (Å²) in [6.07, 6.45) is 4.64. The highest BCUT2D eigenvalue weighted by atomic mass is 35.5. The number of fused-ring (bicyclic) bond motifs is 1. The van der Waals surface area contributed by atoms with Gasteiger partial charge in [-0.15, -0.1) is 0 Å². The Balaban J connectivity index is 1.89. The predicted octanol–water partition coefficient (Wildman–Crippen LogP) is 2.90. The number of nitrogens with two attached hydrogens (primary N) is 1. The van der Waals surface area contributed by atoms with Crippen LogP contribution in [0.2, 0.25) is 5.15 Å². The van der Waals surface area contributed by atoms with Crippen molar-refractivity contribution in [2.24, 2.45) is 5.14 Å². The highest BCUT2D eigenvalue weighted by Crippen LogP contribution is 2.24. The number of amides is 1. The fraction of sp³-hybridized carbons (Fsp3) is 0.111. The van der Waals surface area contributed by atoms with Crippen molar-refractivity contribution in [1.29, 1.82) is 0 Å². The first-order valence-corrected chi connectivity index (χ1v) is 9.85. The van der Waals surface area contributed by atoms with Gasteiger partial charge in [0, 0.05) is 18.0 Å². The highest BCUT2D eigenvalue weighted by molar-refractivity contribution is 7.89. The van der Waals surface area contributed by atoms with Crippen LogP contribution in [0, 0.1) is 13.8 Å². The van der Waals surface area contributed by atoms with Gasteiger partial charge in [-0.25, -0.2) is 18.5 Å². The lowest BCUT2D eigenvalue weighted by atomic mass is 10.1.